The molecule has 6 rings (SSSR count). The van der Waals surface area contributed by atoms with Crippen molar-refractivity contribution in [3.8, 4) is 22.8 Å². The Labute approximate surface area is 282 Å². The van der Waals surface area contributed by atoms with Crippen molar-refractivity contribution in [1.29, 1.82) is 0 Å². The highest BCUT2D eigenvalue weighted by Crippen LogP contribution is 2.44. The summed E-state index contributed by atoms with van der Waals surface area (Å²) in [6, 6.07) is 8.02. The molecule has 0 radical (unpaired) electrons. The van der Waals surface area contributed by atoms with Gasteiger partial charge in [0.1, 0.15) is 6.61 Å². The van der Waals surface area contributed by atoms with Gasteiger partial charge in [-0.05, 0) is 42.7 Å². The lowest BCUT2D eigenvalue weighted by molar-refractivity contribution is -0.121. The summed E-state index contributed by atoms with van der Waals surface area (Å²) in [6.07, 6.45) is 5.62. The number of hydrogen-bond donors (Lipinski definition) is 5. The van der Waals surface area contributed by atoms with Gasteiger partial charge in [0.15, 0.2) is 22.5 Å². The minimum Gasteiger partial charge on any atom is -0.493 e. The van der Waals surface area contributed by atoms with Crippen molar-refractivity contribution in [3.05, 3.63) is 46.7 Å². The molecule has 13 nitrogen and oxygen atoms in total. The smallest absolute Gasteiger partial charge is 0.315 e. The first kappa shape index (κ1) is 33.2. The maximum absolute atomic E-state index is 12.1. The lowest BCUT2D eigenvalue weighted by atomic mass is 10.0. The van der Waals surface area contributed by atoms with Crippen molar-refractivity contribution in [2.24, 2.45) is 0 Å². The van der Waals surface area contributed by atoms with Gasteiger partial charge in [0.25, 0.3) is 0 Å². The highest BCUT2D eigenvalue weighted by Gasteiger charge is 2.42. The lowest BCUT2D eigenvalue weighted by Gasteiger charge is -2.16. The molecule has 3 unspecified atom stereocenters. The van der Waals surface area contributed by atoms with E-state index in [0.717, 1.165) is 47.4 Å². The molecule has 0 saturated carbocycles. The number of nitrogens with zero attached hydrogens (tertiary/aromatic N) is 2. The number of carbonyl (C=O) groups excluding carboxylic acids is 2. The van der Waals surface area contributed by atoms with Crippen LogP contribution in [0.15, 0.2) is 30.5 Å². The van der Waals surface area contributed by atoms with Gasteiger partial charge in [-0.2, -0.15) is 16.9 Å². The second-order valence-electron chi connectivity index (χ2n) is 11.5. The van der Waals surface area contributed by atoms with Gasteiger partial charge in [-0.3, -0.25) is 9.89 Å². The van der Waals surface area contributed by atoms with Crippen molar-refractivity contribution in [3.63, 3.8) is 0 Å². The topological polar surface area (TPSA) is 161 Å². The third-order valence-electron chi connectivity index (χ3n) is 8.41. The van der Waals surface area contributed by atoms with E-state index in [1.165, 1.54) is 0 Å². The van der Waals surface area contributed by atoms with E-state index in [0.29, 0.717) is 85.8 Å². The molecular formula is C32H40ClN7O6S. The molecule has 47 heavy (non-hydrogen) atoms. The molecule has 5 N–H and O–H groups in total. The monoisotopic (exact) mass is 685 g/mol. The van der Waals surface area contributed by atoms with Crippen LogP contribution in [0.5, 0.6) is 11.5 Å². The van der Waals surface area contributed by atoms with Gasteiger partial charge < -0.3 is 40.2 Å². The summed E-state index contributed by atoms with van der Waals surface area (Å²) in [4.78, 5) is 27.7. The van der Waals surface area contributed by atoms with Crippen LogP contribution in [0.3, 0.4) is 0 Å². The Bertz CT molecular complexity index is 1560. The average molecular weight is 686 g/mol. The van der Waals surface area contributed by atoms with E-state index in [4.69, 9.17) is 30.5 Å². The van der Waals surface area contributed by atoms with E-state index in [1.807, 2.05) is 36.0 Å². The molecule has 15 heteroatoms. The number of unbranched alkanes of at least 4 members (excludes halogenated alkanes) is 1. The first-order valence-corrected chi connectivity index (χ1v) is 17.3. The number of carbonyl (C=O) groups is 2. The first-order chi connectivity index (χ1) is 23.0. The molecule has 3 aliphatic rings. The number of methoxy groups -OCH3 is 1. The average Bonchev–Trinajstić information content (AvgIpc) is 3.82. The SMILES string of the molecule is COc1cc2c(cc1OCCOCCOCCNC(=O)CCCCC1SCC3NC(=O)NC31)Cc1c(Nc3cccnc3Cl)n[nH]c1-2. The van der Waals surface area contributed by atoms with Crippen LogP contribution in [-0.4, -0.2) is 96.9 Å². The van der Waals surface area contributed by atoms with Gasteiger partial charge in [-0.1, -0.05) is 18.0 Å². The first-order valence-electron chi connectivity index (χ1n) is 15.9. The molecule has 3 atom stereocenters. The molecule has 3 amide bonds. The Kier molecular flexibility index (Phi) is 11.2. The van der Waals surface area contributed by atoms with E-state index >= 15 is 0 Å². The number of benzene rings is 1. The van der Waals surface area contributed by atoms with Crippen LogP contribution in [0.2, 0.25) is 5.15 Å². The predicted octanol–water partition coefficient (Wildman–Crippen LogP) is 4.04. The van der Waals surface area contributed by atoms with Crippen molar-refractivity contribution in [1.82, 2.24) is 31.1 Å². The number of rotatable bonds is 18. The molecule has 2 aromatic heterocycles. The van der Waals surface area contributed by atoms with Gasteiger partial charge in [0, 0.05) is 47.7 Å². The van der Waals surface area contributed by atoms with Crippen molar-refractivity contribution in [2.45, 2.75) is 49.4 Å². The number of halogens is 1. The number of fused-ring (bicyclic) bond motifs is 4. The summed E-state index contributed by atoms with van der Waals surface area (Å²) >= 11 is 8.12. The molecule has 2 fully saturated rings. The summed E-state index contributed by atoms with van der Waals surface area (Å²) in [5.41, 5.74) is 4.78. The Morgan fingerprint density at radius 1 is 1.11 bits per heavy atom. The Hall–Kier alpha value is -3.72. The molecular weight excluding hydrogens is 646 g/mol. The number of ether oxygens (including phenoxy) is 4. The van der Waals surface area contributed by atoms with Crippen LogP contribution in [0, 0.1) is 0 Å². The Balaban J connectivity index is 0.819. The fourth-order valence-corrected chi connectivity index (χ4v) is 7.78. The lowest BCUT2D eigenvalue weighted by Crippen LogP contribution is -2.36. The molecule has 0 bridgehead atoms. The number of amides is 3. The number of thioether (sulfide) groups is 1. The van der Waals surface area contributed by atoms with Gasteiger partial charge in [-0.25, -0.2) is 9.78 Å². The highest BCUT2D eigenvalue weighted by molar-refractivity contribution is 8.00. The third-order valence-corrected chi connectivity index (χ3v) is 10.2. The summed E-state index contributed by atoms with van der Waals surface area (Å²) in [7, 11) is 1.62. The summed E-state index contributed by atoms with van der Waals surface area (Å²) in [5.74, 6) is 2.97. The quantitative estimate of drug-likeness (QED) is 0.0588. The van der Waals surface area contributed by atoms with Crippen LogP contribution >= 0.6 is 23.4 Å². The summed E-state index contributed by atoms with van der Waals surface area (Å²) in [6.45, 7) is 2.50. The van der Waals surface area contributed by atoms with Gasteiger partial charge in [0.2, 0.25) is 5.91 Å². The highest BCUT2D eigenvalue weighted by atomic mass is 35.5. The number of nitrogens with one attached hydrogen (secondary N) is 5. The standard InChI is InChI=1S/C32H40ClN7O6S/c1-43-24-17-20-19(15-21-28(20)39-40-31(21)36-22-5-4-8-35-30(22)33)16-25(24)46-14-13-45-12-11-44-10-9-34-27(41)7-3-2-6-26-29-23(18-47-26)37-32(42)38-29/h4-5,8,16-17,23,26,29H,2-3,6-7,9-15,18H2,1H3,(H,34,41)(H2,36,39,40)(H2,37,38,42). The zero-order valence-electron chi connectivity index (χ0n) is 26.2. The number of aromatic amines is 1. The van der Waals surface area contributed by atoms with E-state index < -0.39 is 0 Å². The predicted molar refractivity (Wildman–Crippen MR) is 180 cm³/mol. The second-order valence-corrected chi connectivity index (χ2v) is 13.2. The molecule has 4 heterocycles. The van der Waals surface area contributed by atoms with Crippen LogP contribution < -0.4 is 30.7 Å². The van der Waals surface area contributed by atoms with Crippen LogP contribution in [-0.2, 0) is 20.7 Å². The van der Waals surface area contributed by atoms with Crippen molar-refractivity contribution < 1.29 is 28.5 Å². The molecule has 3 aromatic rings. The summed E-state index contributed by atoms with van der Waals surface area (Å²) in [5, 5.41) is 20.5. The van der Waals surface area contributed by atoms with Gasteiger partial charge in [0.05, 0.1) is 57.0 Å². The van der Waals surface area contributed by atoms with Crippen LogP contribution in [0.1, 0.15) is 36.8 Å². The maximum Gasteiger partial charge on any atom is 0.315 e. The zero-order chi connectivity index (χ0) is 32.6. The second kappa shape index (κ2) is 15.9. The fourth-order valence-electron chi connectivity index (χ4n) is 6.07. The van der Waals surface area contributed by atoms with Gasteiger partial charge >= 0.3 is 6.03 Å². The minimum absolute atomic E-state index is 0.0355. The van der Waals surface area contributed by atoms with Crippen molar-refractivity contribution in [2.75, 3.05) is 57.8 Å². The van der Waals surface area contributed by atoms with Crippen LogP contribution in [0.4, 0.5) is 16.3 Å². The van der Waals surface area contributed by atoms with Crippen LogP contribution in [0.25, 0.3) is 11.3 Å². The largest absolute Gasteiger partial charge is 0.493 e. The summed E-state index contributed by atoms with van der Waals surface area (Å²) < 4.78 is 22.9. The molecule has 252 valence electrons. The maximum atomic E-state index is 12.1. The number of aromatic nitrogens is 3. The van der Waals surface area contributed by atoms with Gasteiger partial charge in [-0.15, -0.1) is 0 Å². The van der Waals surface area contributed by atoms with Crippen molar-refractivity contribution >= 4 is 46.8 Å². The zero-order valence-corrected chi connectivity index (χ0v) is 27.8. The number of H-pyrrole nitrogens is 1. The molecule has 1 aromatic carbocycles. The van der Waals surface area contributed by atoms with E-state index in [-0.39, 0.29) is 24.0 Å². The molecule has 2 aliphatic heterocycles. The van der Waals surface area contributed by atoms with E-state index in [2.05, 4.69) is 36.4 Å². The normalized spacial score (nSPS) is 19.0. The number of urea groups is 1. The Morgan fingerprint density at radius 2 is 1.96 bits per heavy atom. The Morgan fingerprint density at radius 3 is 2.81 bits per heavy atom. The molecule has 0 spiro atoms. The third kappa shape index (κ3) is 8.23. The molecule has 2 saturated heterocycles. The molecule has 1 aliphatic carbocycles. The van der Waals surface area contributed by atoms with E-state index in [9.17, 15) is 9.59 Å². The number of hydrogen-bond acceptors (Lipinski definition) is 10. The number of anilines is 2. The fraction of sp³-hybridized carbons (Fsp3) is 0.500. The minimum atomic E-state index is -0.0627. The number of pyridine rings is 1. The van der Waals surface area contributed by atoms with E-state index in [1.54, 1.807) is 13.3 Å².